The van der Waals surface area contributed by atoms with Crippen LogP contribution in [0.5, 0.6) is 5.75 Å². The van der Waals surface area contributed by atoms with Crippen LogP contribution in [0.3, 0.4) is 0 Å². The molecule has 2 heterocycles. The highest BCUT2D eigenvalue weighted by atomic mass is 32.1. The van der Waals surface area contributed by atoms with Crippen LogP contribution in [-0.4, -0.2) is 48.2 Å². The molecular weight excluding hydrogens is 452 g/mol. The smallest absolute Gasteiger partial charge is 0.281 e. The van der Waals surface area contributed by atoms with Gasteiger partial charge in [-0.3, -0.25) is 14.6 Å². The zero-order valence-electron chi connectivity index (χ0n) is 19.7. The van der Waals surface area contributed by atoms with Crippen LogP contribution in [0.25, 0.3) is 11.3 Å². The number of carbonyl (C=O) groups excluding carboxylic acids is 2. The Bertz CT molecular complexity index is 1150. The highest BCUT2D eigenvalue weighted by Crippen LogP contribution is 2.23. The van der Waals surface area contributed by atoms with Gasteiger partial charge in [0.2, 0.25) is 5.91 Å². The molecule has 0 aliphatic heterocycles. The first-order valence-corrected chi connectivity index (χ1v) is 12.1. The average Bonchev–Trinajstić information content (AvgIpc) is 3.23. The first-order chi connectivity index (χ1) is 16.5. The van der Waals surface area contributed by atoms with Crippen molar-refractivity contribution in [1.29, 1.82) is 0 Å². The van der Waals surface area contributed by atoms with Gasteiger partial charge in [-0.1, -0.05) is 6.92 Å². The Hall–Kier alpha value is -3.30. The molecule has 1 N–H and O–H groups in total. The molecule has 3 rings (SSSR count). The number of pyridine rings is 1. The van der Waals surface area contributed by atoms with Crippen LogP contribution in [-0.2, 0) is 16.1 Å². The van der Waals surface area contributed by atoms with Crippen molar-refractivity contribution in [1.82, 2.24) is 14.9 Å². The van der Waals surface area contributed by atoms with E-state index in [0.717, 1.165) is 29.1 Å². The molecule has 0 aliphatic rings. The molecule has 34 heavy (non-hydrogen) atoms. The minimum absolute atomic E-state index is 0.0307. The van der Waals surface area contributed by atoms with Gasteiger partial charge in [-0.05, 0) is 61.7 Å². The van der Waals surface area contributed by atoms with Gasteiger partial charge in [0.25, 0.3) is 5.91 Å². The molecule has 8 nitrogen and oxygen atoms in total. The fraction of sp³-hybridized carbons (Fsp3) is 0.360. The van der Waals surface area contributed by atoms with E-state index >= 15 is 0 Å². The Morgan fingerprint density at radius 1 is 1.18 bits per heavy atom. The number of benzene rings is 1. The Morgan fingerprint density at radius 2 is 1.97 bits per heavy atom. The lowest BCUT2D eigenvalue weighted by molar-refractivity contribution is -0.124. The number of thiazole rings is 1. The van der Waals surface area contributed by atoms with E-state index in [2.05, 4.69) is 22.2 Å². The van der Waals surface area contributed by atoms with E-state index in [4.69, 9.17) is 9.47 Å². The number of hydrogen-bond acceptors (Lipinski definition) is 6. The molecule has 0 saturated heterocycles. The molecule has 0 radical (unpaired) electrons. The molecule has 0 spiro atoms. The quantitative estimate of drug-likeness (QED) is 0.422. The van der Waals surface area contributed by atoms with Gasteiger partial charge in [0.1, 0.15) is 12.4 Å². The summed E-state index contributed by atoms with van der Waals surface area (Å²) >= 11 is 1.40. The van der Waals surface area contributed by atoms with Crippen molar-refractivity contribution in [3.8, 4) is 17.0 Å². The van der Waals surface area contributed by atoms with Crippen molar-refractivity contribution in [3.63, 3.8) is 0 Å². The fourth-order valence-corrected chi connectivity index (χ4v) is 4.13. The number of rotatable bonds is 11. The van der Waals surface area contributed by atoms with E-state index in [1.807, 2.05) is 41.1 Å². The van der Waals surface area contributed by atoms with Gasteiger partial charge in [-0.25, -0.2) is 0 Å². The van der Waals surface area contributed by atoms with Crippen LogP contribution in [0.15, 0.2) is 53.0 Å². The first kappa shape index (κ1) is 25.3. The van der Waals surface area contributed by atoms with E-state index in [0.29, 0.717) is 36.5 Å². The summed E-state index contributed by atoms with van der Waals surface area (Å²) in [5.74, 6) is 0.319. The Labute approximate surface area is 203 Å². The molecule has 3 aromatic rings. The molecule has 1 aromatic carbocycles. The van der Waals surface area contributed by atoms with E-state index in [-0.39, 0.29) is 18.4 Å². The number of aromatic nitrogens is 2. The largest absolute Gasteiger partial charge is 0.494 e. The van der Waals surface area contributed by atoms with Gasteiger partial charge in [0.05, 0.1) is 17.9 Å². The summed E-state index contributed by atoms with van der Waals surface area (Å²) in [4.78, 5) is 33.6. The van der Waals surface area contributed by atoms with Crippen LogP contribution in [0.4, 0.5) is 0 Å². The molecule has 2 amide bonds. The summed E-state index contributed by atoms with van der Waals surface area (Å²) < 4.78 is 12.5. The third-order valence-corrected chi connectivity index (χ3v) is 5.80. The van der Waals surface area contributed by atoms with Crippen LogP contribution in [0.1, 0.15) is 35.8 Å². The maximum absolute atomic E-state index is 12.8. The molecule has 2 aromatic heterocycles. The maximum atomic E-state index is 12.8. The lowest BCUT2D eigenvalue weighted by Crippen LogP contribution is -2.29. The van der Waals surface area contributed by atoms with Crippen molar-refractivity contribution >= 4 is 23.2 Å². The van der Waals surface area contributed by atoms with E-state index < -0.39 is 0 Å². The Morgan fingerprint density at radius 3 is 2.65 bits per heavy atom. The highest BCUT2D eigenvalue weighted by Gasteiger charge is 2.11. The number of hydrogen-bond donors (Lipinski definition) is 1. The van der Waals surface area contributed by atoms with Gasteiger partial charge >= 0.3 is 0 Å². The van der Waals surface area contributed by atoms with Gasteiger partial charge < -0.3 is 19.4 Å². The molecule has 0 bridgehead atoms. The summed E-state index contributed by atoms with van der Waals surface area (Å²) in [5.41, 5.74) is 3.22. The van der Waals surface area contributed by atoms with E-state index in [9.17, 15) is 9.59 Å². The normalized spacial score (nSPS) is 11.4. The van der Waals surface area contributed by atoms with Gasteiger partial charge in [-0.15, -0.1) is 11.3 Å². The fourth-order valence-electron chi connectivity index (χ4n) is 3.20. The molecule has 0 unspecified atom stereocenters. The summed E-state index contributed by atoms with van der Waals surface area (Å²) in [6.45, 7) is 5.71. The monoisotopic (exact) mass is 482 g/mol. The molecule has 180 valence electrons. The number of aryl methyl sites for hydroxylation is 1. The third kappa shape index (κ3) is 7.10. The van der Waals surface area contributed by atoms with Crippen LogP contribution in [0, 0.1) is 6.92 Å². The number of methoxy groups -OCH3 is 1. The molecule has 0 fully saturated rings. The predicted molar refractivity (Wildman–Crippen MR) is 132 cm³/mol. The Balaban J connectivity index is 1.86. The van der Waals surface area contributed by atoms with Crippen molar-refractivity contribution in [2.75, 3.05) is 26.9 Å². The van der Waals surface area contributed by atoms with Crippen molar-refractivity contribution in [2.24, 2.45) is 4.99 Å². The lowest BCUT2D eigenvalue weighted by Gasteiger charge is -2.11. The highest BCUT2D eigenvalue weighted by molar-refractivity contribution is 7.07. The first-order valence-electron chi connectivity index (χ1n) is 11.2. The minimum atomic E-state index is -0.341. The number of carbonyl (C=O) groups is 2. The van der Waals surface area contributed by atoms with Crippen LogP contribution < -0.4 is 14.9 Å². The van der Waals surface area contributed by atoms with Crippen molar-refractivity contribution < 1.29 is 19.1 Å². The van der Waals surface area contributed by atoms with Crippen LogP contribution in [0.2, 0.25) is 0 Å². The predicted octanol–water partition coefficient (Wildman–Crippen LogP) is 3.60. The topological polar surface area (TPSA) is 94.8 Å². The summed E-state index contributed by atoms with van der Waals surface area (Å²) in [6.07, 6.45) is 3.16. The summed E-state index contributed by atoms with van der Waals surface area (Å²) in [7, 11) is 1.49. The van der Waals surface area contributed by atoms with Gasteiger partial charge in [0, 0.05) is 37.5 Å². The van der Waals surface area contributed by atoms with Gasteiger partial charge in [0.15, 0.2) is 4.80 Å². The molecular formula is C25H30N4O4S. The van der Waals surface area contributed by atoms with E-state index in [1.54, 1.807) is 18.3 Å². The molecule has 0 saturated carbocycles. The second kappa shape index (κ2) is 12.8. The number of ether oxygens (including phenoxy) is 2. The molecule has 9 heteroatoms. The molecule has 0 aliphatic carbocycles. The van der Waals surface area contributed by atoms with E-state index in [1.165, 1.54) is 18.4 Å². The third-order valence-electron chi connectivity index (χ3n) is 4.93. The summed E-state index contributed by atoms with van der Waals surface area (Å²) in [5, 5.41) is 4.82. The summed E-state index contributed by atoms with van der Waals surface area (Å²) in [6, 6.07) is 11.4. The second-order valence-electron chi connectivity index (χ2n) is 7.67. The second-order valence-corrected chi connectivity index (χ2v) is 8.51. The zero-order chi connectivity index (χ0) is 24.3. The SMILES string of the molecule is CCCOc1ccc(-c2csc(=NC(=O)c3ccc(C)nc3)n2CCCNC(=O)COC)cc1. The number of amides is 2. The standard InChI is InChI=1S/C25H30N4O4S/c1-4-14-33-21-10-8-19(9-11-21)22-17-34-25(28-24(31)20-7-6-18(2)27-15-20)29(22)13-5-12-26-23(30)16-32-3/h6-11,15,17H,4-5,12-14,16H2,1-3H3,(H,26,30). The Kier molecular flexibility index (Phi) is 9.54. The molecule has 0 atom stereocenters. The van der Waals surface area contributed by atoms with Gasteiger partial charge in [-0.2, -0.15) is 4.99 Å². The minimum Gasteiger partial charge on any atom is -0.494 e. The maximum Gasteiger partial charge on any atom is 0.281 e. The van der Waals surface area contributed by atoms with Crippen LogP contribution >= 0.6 is 11.3 Å². The number of nitrogens with one attached hydrogen (secondary N) is 1. The van der Waals surface area contributed by atoms with Crippen molar-refractivity contribution in [2.45, 2.75) is 33.2 Å². The number of nitrogens with zero attached hydrogens (tertiary/aromatic N) is 3. The zero-order valence-corrected chi connectivity index (χ0v) is 20.6. The van der Waals surface area contributed by atoms with Crippen molar-refractivity contribution in [3.05, 3.63) is 64.0 Å². The lowest BCUT2D eigenvalue weighted by atomic mass is 10.1. The average molecular weight is 483 g/mol.